The van der Waals surface area contributed by atoms with E-state index < -0.39 is 6.10 Å². The highest BCUT2D eigenvalue weighted by Gasteiger charge is 2.26. The molecule has 5 heteroatoms. The summed E-state index contributed by atoms with van der Waals surface area (Å²) in [6.45, 7) is 1.69. The van der Waals surface area contributed by atoms with Gasteiger partial charge < -0.3 is 10.1 Å². The van der Waals surface area contributed by atoms with Gasteiger partial charge in [-0.15, -0.1) is 0 Å². The van der Waals surface area contributed by atoms with Crippen LogP contribution in [0.15, 0.2) is 18.2 Å². The second-order valence-electron chi connectivity index (χ2n) is 4.09. The second-order valence-corrected chi connectivity index (χ2v) is 4.88. The number of benzene rings is 1. The average Bonchev–Trinajstić information content (AvgIpc) is 3.08. The summed E-state index contributed by atoms with van der Waals surface area (Å²) in [5, 5.41) is 3.62. The number of halogens is 2. The Kier molecular flexibility index (Phi) is 3.79. The van der Waals surface area contributed by atoms with Crippen molar-refractivity contribution in [3.63, 3.8) is 0 Å². The summed E-state index contributed by atoms with van der Waals surface area (Å²) in [5.41, 5.74) is 0. The Balaban J connectivity index is 1.99. The van der Waals surface area contributed by atoms with Crippen LogP contribution in [0, 0.1) is 0 Å². The summed E-state index contributed by atoms with van der Waals surface area (Å²) in [4.78, 5) is 11.7. The van der Waals surface area contributed by atoms with Crippen molar-refractivity contribution in [3.8, 4) is 5.75 Å². The Morgan fingerprint density at radius 1 is 1.47 bits per heavy atom. The van der Waals surface area contributed by atoms with E-state index in [-0.39, 0.29) is 5.91 Å². The highest BCUT2D eigenvalue weighted by molar-refractivity contribution is 6.42. The van der Waals surface area contributed by atoms with E-state index in [0.717, 1.165) is 12.8 Å². The molecule has 0 bridgehead atoms. The van der Waals surface area contributed by atoms with E-state index in [1.165, 1.54) is 0 Å². The normalized spacial score (nSPS) is 16.4. The molecule has 1 fully saturated rings. The van der Waals surface area contributed by atoms with Crippen molar-refractivity contribution < 1.29 is 9.53 Å². The molecule has 1 amide bonds. The van der Waals surface area contributed by atoms with Crippen molar-refractivity contribution in [2.24, 2.45) is 0 Å². The van der Waals surface area contributed by atoms with E-state index in [1.807, 2.05) is 0 Å². The first-order valence-electron chi connectivity index (χ1n) is 5.49. The Morgan fingerprint density at radius 3 is 2.82 bits per heavy atom. The van der Waals surface area contributed by atoms with E-state index in [1.54, 1.807) is 25.1 Å². The van der Waals surface area contributed by atoms with Crippen molar-refractivity contribution in [2.45, 2.75) is 31.9 Å². The van der Waals surface area contributed by atoms with Gasteiger partial charge in [0, 0.05) is 6.04 Å². The third-order valence-corrected chi connectivity index (χ3v) is 3.31. The molecular weight excluding hydrogens is 261 g/mol. The predicted molar refractivity (Wildman–Crippen MR) is 67.7 cm³/mol. The van der Waals surface area contributed by atoms with Crippen LogP contribution in [0.25, 0.3) is 0 Å². The first kappa shape index (κ1) is 12.5. The molecule has 1 aromatic carbocycles. The molecule has 0 aromatic heterocycles. The number of carbonyl (C=O) groups excluding carboxylic acids is 1. The zero-order chi connectivity index (χ0) is 12.4. The molecule has 17 heavy (non-hydrogen) atoms. The number of nitrogens with one attached hydrogen (secondary N) is 1. The predicted octanol–water partition coefficient (Wildman–Crippen LogP) is 3.04. The van der Waals surface area contributed by atoms with Gasteiger partial charge in [-0.3, -0.25) is 4.79 Å². The van der Waals surface area contributed by atoms with Gasteiger partial charge in [0.25, 0.3) is 5.91 Å². The van der Waals surface area contributed by atoms with Gasteiger partial charge in [0.2, 0.25) is 0 Å². The van der Waals surface area contributed by atoms with Crippen molar-refractivity contribution in [2.75, 3.05) is 0 Å². The van der Waals surface area contributed by atoms with Gasteiger partial charge in [-0.2, -0.15) is 0 Å². The molecule has 0 saturated heterocycles. The van der Waals surface area contributed by atoms with Crippen LogP contribution in [0.2, 0.25) is 10.0 Å². The third-order valence-electron chi connectivity index (χ3n) is 2.51. The van der Waals surface area contributed by atoms with Gasteiger partial charge in [0.05, 0.1) is 5.02 Å². The number of hydrogen-bond donors (Lipinski definition) is 1. The monoisotopic (exact) mass is 273 g/mol. The standard InChI is InChI=1S/C12H13Cl2NO2/c1-7(12(16)15-8-5-6-8)17-10-4-2-3-9(13)11(10)14/h2-4,7-8H,5-6H2,1H3,(H,15,16). The molecule has 1 unspecified atom stereocenters. The summed E-state index contributed by atoms with van der Waals surface area (Å²) < 4.78 is 5.49. The Hall–Kier alpha value is -0.930. The van der Waals surface area contributed by atoms with Crippen LogP contribution in [0.1, 0.15) is 19.8 Å². The minimum absolute atomic E-state index is 0.122. The SMILES string of the molecule is CC(Oc1cccc(Cl)c1Cl)C(=O)NC1CC1. The number of hydrogen-bond acceptors (Lipinski definition) is 2. The lowest BCUT2D eigenvalue weighted by atomic mass is 10.3. The van der Waals surface area contributed by atoms with Crippen LogP contribution < -0.4 is 10.1 Å². The lowest BCUT2D eigenvalue weighted by Crippen LogP contribution is -2.37. The van der Waals surface area contributed by atoms with Crippen LogP contribution in [0.4, 0.5) is 0 Å². The maximum Gasteiger partial charge on any atom is 0.260 e. The molecular formula is C12H13Cl2NO2. The van der Waals surface area contributed by atoms with Crippen LogP contribution in [0.3, 0.4) is 0 Å². The molecule has 0 aliphatic heterocycles. The Bertz CT molecular complexity index is 433. The van der Waals surface area contributed by atoms with Gasteiger partial charge in [-0.1, -0.05) is 29.3 Å². The number of amides is 1. The zero-order valence-electron chi connectivity index (χ0n) is 9.37. The lowest BCUT2D eigenvalue weighted by molar-refractivity contribution is -0.127. The molecule has 0 radical (unpaired) electrons. The van der Waals surface area contributed by atoms with Crippen molar-refractivity contribution in [3.05, 3.63) is 28.2 Å². The Labute approximate surface area is 110 Å². The van der Waals surface area contributed by atoms with Gasteiger partial charge in [0.15, 0.2) is 6.10 Å². The number of rotatable bonds is 4. The van der Waals surface area contributed by atoms with Crippen LogP contribution in [-0.2, 0) is 4.79 Å². The van der Waals surface area contributed by atoms with Crippen LogP contribution >= 0.6 is 23.2 Å². The molecule has 0 heterocycles. The first-order chi connectivity index (χ1) is 8.08. The fourth-order valence-corrected chi connectivity index (χ4v) is 1.70. The summed E-state index contributed by atoms with van der Waals surface area (Å²) in [5.74, 6) is 0.307. The molecule has 1 aliphatic rings. The van der Waals surface area contributed by atoms with Crippen LogP contribution in [0.5, 0.6) is 5.75 Å². The third kappa shape index (κ3) is 3.27. The molecule has 2 rings (SSSR count). The summed E-state index contributed by atoms with van der Waals surface area (Å²) >= 11 is 11.8. The minimum atomic E-state index is -0.577. The zero-order valence-corrected chi connectivity index (χ0v) is 10.9. The van der Waals surface area contributed by atoms with Crippen molar-refractivity contribution in [1.82, 2.24) is 5.32 Å². The Morgan fingerprint density at radius 2 is 2.18 bits per heavy atom. The van der Waals surface area contributed by atoms with E-state index in [4.69, 9.17) is 27.9 Å². The molecule has 1 atom stereocenters. The van der Waals surface area contributed by atoms with Crippen molar-refractivity contribution >= 4 is 29.1 Å². The van der Waals surface area contributed by atoms with E-state index >= 15 is 0 Å². The largest absolute Gasteiger partial charge is 0.479 e. The number of carbonyl (C=O) groups is 1. The van der Waals surface area contributed by atoms with E-state index in [9.17, 15) is 4.79 Å². The molecule has 1 aromatic rings. The number of ether oxygens (including phenoxy) is 1. The van der Waals surface area contributed by atoms with Gasteiger partial charge >= 0.3 is 0 Å². The topological polar surface area (TPSA) is 38.3 Å². The summed E-state index contributed by atoms with van der Waals surface area (Å²) in [6.07, 6.45) is 1.53. The fourth-order valence-electron chi connectivity index (χ4n) is 1.37. The molecule has 92 valence electrons. The van der Waals surface area contributed by atoms with Crippen molar-refractivity contribution in [1.29, 1.82) is 0 Å². The molecule has 3 nitrogen and oxygen atoms in total. The quantitative estimate of drug-likeness (QED) is 0.916. The molecule has 1 saturated carbocycles. The van der Waals surface area contributed by atoms with Gasteiger partial charge in [-0.05, 0) is 31.9 Å². The van der Waals surface area contributed by atoms with Gasteiger partial charge in [0.1, 0.15) is 10.8 Å². The molecule has 1 aliphatic carbocycles. The highest BCUT2D eigenvalue weighted by Crippen LogP contribution is 2.32. The maximum atomic E-state index is 11.7. The molecule has 0 spiro atoms. The van der Waals surface area contributed by atoms with E-state index in [2.05, 4.69) is 5.32 Å². The first-order valence-corrected chi connectivity index (χ1v) is 6.24. The fraction of sp³-hybridized carbons (Fsp3) is 0.417. The van der Waals surface area contributed by atoms with Crippen LogP contribution in [-0.4, -0.2) is 18.1 Å². The second kappa shape index (κ2) is 5.15. The summed E-state index contributed by atoms with van der Waals surface area (Å²) in [7, 11) is 0. The maximum absolute atomic E-state index is 11.7. The summed E-state index contributed by atoms with van der Waals surface area (Å²) in [6, 6.07) is 5.42. The highest BCUT2D eigenvalue weighted by atomic mass is 35.5. The molecule has 1 N–H and O–H groups in total. The minimum Gasteiger partial charge on any atom is -0.479 e. The average molecular weight is 274 g/mol. The van der Waals surface area contributed by atoms with E-state index in [0.29, 0.717) is 21.8 Å². The smallest absolute Gasteiger partial charge is 0.260 e. The van der Waals surface area contributed by atoms with Gasteiger partial charge in [-0.25, -0.2) is 0 Å². The lowest BCUT2D eigenvalue weighted by Gasteiger charge is -2.15.